The average molecular weight is 234 g/mol. The maximum Gasteiger partial charge on any atom is 0.424 e. The van der Waals surface area contributed by atoms with E-state index in [0.29, 0.717) is 6.61 Å². The summed E-state index contributed by atoms with van der Waals surface area (Å²) in [4.78, 5) is 11.8. The molecule has 1 aromatic carbocycles. The second-order valence-corrected chi connectivity index (χ2v) is 4.16. The fourth-order valence-electron chi connectivity index (χ4n) is 1.82. The second kappa shape index (κ2) is 6.25. The van der Waals surface area contributed by atoms with Gasteiger partial charge in [0, 0.05) is 13.1 Å². The number of carbonyl (C=O) groups is 1. The van der Waals surface area contributed by atoms with Crippen molar-refractivity contribution in [1.29, 1.82) is 0 Å². The van der Waals surface area contributed by atoms with Gasteiger partial charge in [0.15, 0.2) is 0 Å². The van der Waals surface area contributed by atoms with Crippen LogP contribution in [0.3, 0.4) is 0 Å². The zero-order chi connectivity index (χ0) is 11.9. The molecule has 0 bridgehead atoms. The molecule has 1 N–H and O–H groups in total. The van der Waals surface area contributed by atoms with E-state index in [4.69, 9.17) is 4.74 Å². The maximum atomic E-state index is 11.8. The first kappa shape index (κ1) is 11.9. The highest BCUT2D eigenvalue weighted by atomic mass is 16.6. The van der Waals surface area contributed by atoms with Crippen molar-refractivity contribution < 1.29 is 9.53 Å². The first-order valence-electron chi connectivity index (χ1n) is 6.08. The SMILES string of the molecule is O=C(OCc1ccccc1)N1CCCCCN1. The van der Waals surface area contributed by atoms with Crippen molar-refractivity contribution in [3.05, 3.63) is 35.9 Å². The van der Waals surface area contributed by atoms with Gasteiger partial charge in [-0.05, 0) is 18.4 Å². The Bertz CT molecular complexity index is 346. The molecule has 0 saturated carbocycles. The minimum atomic E-state index is -0.282. The number of ether oxygens (including phenoxy) is 1. The monoisotopic (exact) mass is 234 g/mol. The second-order valence-electron chi connectivity index (χ2n) is 4.16. The van der Waals surface area contributed by atoms with E-state index < -0.39 is 0 Å². The number of hydrogen-bond donors (Lipinski definition) is 1. The number of amides is 1. The van der Waals surface area contributed by atoms with Gasteiger partial charge in [-0.15, -0.1) is 0 Å². The van der Waals surface area contributed by atoms with E-state index in [1.807, 2.05) is 30.3 Å². The Hall–Kier alpha value is -1.55. The topological polar surface area (TPSA) is 41.6 Å². The lowest BCUT2D eigenvalue weighted by molar-refractivity contribution is 0.0797. The zero-order valence-electron chi connectivity index (χ0n) is 9.89. The highest BCUT2D eigenvalue weighted by molar-refractivity contribution is 5.67. The molecule has 0 aliphatic carbocycles. The van der Waals surface area contributed by atoms with E-state index >= 15 is 0 Å². The molecule has 0 spiro atoms. The van der Waals surface area contributed by atoms with Gasteiger partial charge in [0.25, 0.3) is 0 Å². The predicted octanol–water partition coefficient (Wildman–Crippen LogP) is 2.31. The summed E-state index contributed by atoms with van der Waals surface area (Å²) >= 11 is 0. The molecule has 0 aromatic heterocycles. The van der Waals surface area contributed by atoms with E-state index in [2.05, 4.69) is 5.43 Å². The highest BCUT2D eigenvalue weighted by Crippen LogP contribution is 2.06. The third-order valence-corrected chi connectivity index (χ3v) is 2.79. The number of nitrogens with zero attached hydrogens (tertiary/aromatic N) is 1. The van der Waals surface area contributed by atoms with Crippen LogP contribution in [0.15, 0.2) is 30.3 Å². The first-order chi connectivity index (χ1) is 8.36. The standard InChI is InChI=1S/C13H18N2O2/c16-13(15-10-6-2-5-9-14-15)17-11-12-7-3-1-4-8-12/h1,3-4,7-8,14H,2,5-6,9-11H2. The third-order valence-electron chi connectivity index (χ3n) is 2.79. The van der Waals surface area contributed by atoms with Crippen LogP contribution >= 0.6 is 0 Å². The first-order valence-corrected chi connectivity index (χ1v) is 6.08. The van der Waals surface area contributed by atoms with Crippen LogP contribution in [0.2, 0.25) is 0 Å². The fourth-order valence-corrected chi connectivity index (χ4v) is 1.82. The summed E-state index contributed by atoms with van der Waals surface area (Å²) in [5.41, 5.74) is 4.09. The molecule has 1 aliphatic heterocycles. The van der Waals surface area contributed by atoms with Crippen LogP contribution in [0.25, 0.3) is 0 Å². The summed E-state index contributed by atoms with van der Waals surface area (Å²) in [5.74, 6) is 0. The maximum absolute atomic E-state index is 11.8. The van der Waals surface area contributed by atoms with Crippen molar-refractivity contribution in [1.82, 2.24) is 10.4 Å². The van der Waals surface area contributed by atoms with Crippen molar-refractivity contribution in [2.75, 3.05) is 13.1 Å². The van der Waals surface area contributed by atoms with Crippen LogP contribution in [0, 0.1) is 0 Å². The fraction of sp³-hybridized carbons (Fsp3) is 0.462. The Morgan fingerprint density at radius 2 is 2.06 bits per heavy atom. The molecule has 1 fully saturated rings. The average Bonchev–Trinajstić information content (AvgIpc) is 2.66. The van der Waals surface area contributed by atoms with Crippen molar-refractivity contribution in [3.63, 3.8) is 0 Å². The van der Waals surface area contributed by atoms with E-state index in [1.165, 1.54) is 0 Å². The highest BCUT2D eigenvalue weighted by Gasteiger charge is 2.16. The molecule has 0 radical (unpaired) electrons. The molecule has 4 nitrogen and oxygen atoms in total. The lowest BCUT2D eigenvalue weighted by Gasteiger charge is -2.20. The van der Waals surface area contributed by atoms with Gasteiger partial charge >= 0.3 is 6.09 Å². The molecule has 0 unspecified atom stereocenters. The molecule has 1 heterocycles. The quantitative estimate of drug-likeness (QED) is 0.853. The van der Waals surface area contributed by atoms with Gasteiger partial charge in [-0.3, -0.25) is 0 Å². The van der Waals surface area contributed by atoms with Crippen LogP contribution in [-0.2, 0) is 11.3 Å². The molecule has 17 heavy (non-hydrogen) atoms. The molecular weight excluding hydrogens is 216 g/mol. The number of benzene rings is 1. The van der Waals surface area contributed by atoms with Gasteiger partial charge in [0.05, 0.1) is 0 Å². The summed E-state index contributed by atoms with van der Waals surface area (Å²) in [6.45, 7) is 1.91. The molecule has 2 rings (SSSR count). The normalized spacial score (nSPS) is 16.4. The van der Waals surface area contributed by atoms with Gasteiger partial charge < -0.3 is 4.74 Å². The number of carbonyl (C=O) groups excluding carboxylic acids is 1. The third kappa shape index (κ3) is 3.75. The smallest absolute Gasteiger partial charge is 0.424 e. The van der Waals surface area contributed by atoms with Crippen LogP contribution in [-0.4, -0.2) is 24.2 Å². The molecule has 1 amide bonds. The number of hydrogen-bond acceptors (Lipinski definition) is 3. The van der Waals surface area contributed by atoms with E-state index in [1.54, 1.807) is 5.01 Å². The Morgan fingerprint density at radius 1 is 1.24 bits per heavy atom. The van der Waals surface area contributed by atoms with Crippen molar-refractivity contribution >= 4 is 6.09 Å². The molecule has 0 atom stereocenters. The molecule has 1 aliphatic rings. The number of hydrazine groups is 1. The lowest BCUT2D eigenvalue weighted by Crippen LogP contribution is -2.42. The number of rotatable bonds is 2. The minimum Gasteiger partial charge on any atom is -0.444 e. The minimum absolute atomic E-state index is 0.282. The molecular formula is C13H18N2O2. The summed E-state index contributed by atoms with van der Waals surface area (Å²) in [5, 5.41) is 1.58. The largest absolute Gasteiger partial charge is 0.444 e. The van der Waals surface area contributed by atoms with E-state index in [0.717, 1.165) is 37.9 Å². The van der Waals surface area contributed by atoms with E-state index in [-0.39, 0.29) is 6.09 Å². The Labute approximate surface area is 102 Å². The van der Waals surface area contributed by atoms with Crippen LogP contribution < -0.4 is 5.43 Å². The summed E-state index contributed by atoms with van der Waals surface area (Å²) < 4.78 is 5.25. The summed E-state index contributed by atoms with van der Waals surface area (Å²) in [6.07, 6.45) is 3.03. The molecule has 92 valence electrons. The number of nitrogens with one attached hydrogen (secondary N) is 1. The van der Waals surface area contributed by atoms with Crippen LogP contribution in [0.1, 0.15) is 24.8 Å². The summed E-state index contributed by atoms with van der Waals surface area (Å²) in [7, 11) is 0. The Balaban J connectivity index is 1.80. The molecule has 1 aromatic rings. The summed E-state index contributed by atoms with van der Waals surface area (Å²) in [6, 6.07) is 9.72. The van der Waals surface area contributed by atoms with Crippen LogP contribution in [0.5, 0.6) is 0 Å². The Morgan fingerprint density at radius 3 is 2.88 bits per heavy atom. The van der Waals surface area contributed by atoms with Gasteiger partial charge in [0.2, 0.25) is 0 Å². The van der Waals surface area contributed by atoms with Crippen molar-refractivity contribution in [2.45, 2.75) is 25.9 Å². The van der Waals surface area contributed by atoms with Gasteiger partial charge in [-0.25, -0.2) is 15.2 Å². The predicted molar refractivity (Wildman–Crippen MR) is 65.2 cm³/mol. The van der Waals surface area contributed by atoms with Gasteiger partial charge in [-0.1, -0.05) is 36.8 Å². The van der Waals surface area contributed by atoms with E-state index in [9.17, 15) is 4.79 Å². The van der Waals surface area contributed by atoms with Crippen molar-refractivity contribution in [2.24, 2.45) is 0 Å². The van der Waals surface area contributed by atoms with Gasteiger partial charge in [-0.2, -0.15) is 0 Å². The van der Waals surface area contributed by atoms with Gasteiger partial charge in [0.1, 0.15) is 6.61 Å². The molecule has 1 saturated heterocycles. The Kier molecular flexibility index (Phi) is 4.38. The molecule has 4 heteroatoms. The van der Waals surface area contributed by atoms with Crippen LogP contribution in [0.4, 0.5) is 4.79 Å². The zero-order valence-corrected chi connectivity index (χ0v) is 9.89. The lowest BCUT2D eigenvalue weighted by atomic mass is 10.2. The van der Waals surface area contributed by atoms with Crippen molar-refractivity contribution in [3.8, 4) is 0 Å².